The van der Waals surface area contributed by atoms with Gasteiger partial charge >= 0.3 is 0 Å². The molecule has 114 valence electrons. The van der Waals surface area contributed by atoms with Crippen LogP contribution in [-0.4, -0.2) is 29.1 Å². The monoisotopic (exact) mass is 279 g/mol. The topological polar surface area (TPSA) is 38.3 Å². The minimum atomic E-state index is -0.299. The number of fused-ring (bicyclic) bond motifs is 2. The van der Waals surface area contributed by atoms with E-state index in [2.05, 4.69) is 33.0 Å². The minimum Gasteiger partial charge on any atom is -0.369 e. The van der Waals surface area contributed by atoms with Crippen LogP contribution in [0.15, 0.2) is 0 Å². The summed E-state index contributed by atoms with van der Waals surface area (Å²) in [4.78, 5) is 12.8. The van der Waals surface area contributed by atoms with E-state index in [1.807, 2.05) is 0 Å². The van der Waals surface area contributed by atoms with Gasteiger partial charge in [0.1, 0.15) is 5.78 Å². The molecular weight excluding hydrogens is 250 g/mol. The Bertz CT molecular complexity index is 390. The summed E-state index contributed by atoms with van der Waals surface area (Å²) in [5, 5.41) is 3.66. The maximum atomic E-state index is 12.8. The van der Waals surface area contributed by atoms with Gasteiger partial charge in [-0.2, -0.15) is 0 Å². The van der Waals surface area contributed by atoms with Gasteiger partial charge in [-0.15, -0.1) is 0 Å². The zero-order valence-corrected chi connectivity index (χ0v) is 13.4. The van der Waals surface area contributed by atoms with Crippen LogP contribution in [-0.2, 0) is 9.53 Å². The molecule has 20 heavy (non-hydrogen) atoms. The fraction of sp³-hybridized carbons (Fsp3) is 0.941. The smallest absolute Gasteiger partial charge is 0.139 e. The van der Waals surface area contributed by atoms with Crippen molar-refractivity contribution in [1.82, 2.24) is 5.32 Å². The Labute approximate surface area is 122 Å². The number of carbonyl (C=O) groups excluding carboxylic acids is 1. The van der Waals surface area contributed by atoms with Crippen LogP contribution >= 0.6 is 0 Å². The molecule has 3 heteroatoms. The molecule has 3 fully saturated rings. The van der Waals surface area contributed by atoms with E-state index >= 15 is 0 Å². The van der Waals surface area contributed by atoms with Gasteiger partial charge in [0.15, 0.2) is 0 Å². The third-order valence-electron chi connectivity index (χ3n) is 5.52. The highest BCUT2D eigenvalue weighted by atomic mass is 16.5. The van der Waals surface area contributed by atoms with E-state index in [1.54, 1.807) is 0 Å². The second kappa shape index (κ2) is 4.81. The number of rotatable bonds is 3. The molecule has 0 aromatic rings. The standard InChI is InChI=1S/C17H29NO2/c1-16(2)10-14(17(3,4)20-16)15(19)9-11-7-12-5-6-13(8-11)18-12/h11-14,18H,5-10H2,1-4H3. The Morgan fingerprint density at radius 2 is 1.75 bits per heavy atom. The number of Topliss-reactive ketones (excluding diaryl/α,β-unsaturated/α-hetero) is 1. The first-order valence-corrected chi connectivity index (χ1v) is 8.24. The van der Waals surface area contributed by atoms with Gasteiger partial charge in [0, 0.05) is 24.4 Å². The molecule has 3 aliphatic heterocycles. The molecule has 2 bridgehead atoms. The van der Waals surface area contributed by atoms with Crippen LogP contribution in [0.3, 0.4) is 0 Å². The van der Waals surface area contributed by atoms with E-state index in [4.69, 9.17) is 4.74 Å². The summed E-state index contributed by atoms with van der Waals surface area (Å²) in [5.41, 5.74) is -0.455. The Balaban J connectivity index is 1.62. The summed E-state index contributed by atoms with van der Waals surface area (Å²) >= 11 is 0. The van der Waals surface area contributed by atoms with Crippen molar-refractivity contribution >= 4 is 5.78 Å². The van der Waals surface area contributed by atoms with Gasteiger partial charge in [-0.25, -0.2) is 0 Å². The number of ether oxygens (including phenoxy) is 1. The Morgan fingerprint density at radius 1 is 1.15 bits per heavy atom. The summed E-state index contributed by atoms with van der Waals surface area (Å²) in [7, 11) is 0. The number of hydrogen-bond acceptors (Lipinski definition) is 3. The fourth-order valence-corrected chi connectivity index (χ4v) is 4.83. The van der Waals surface area contributed by atoms with Crippen molar-refractivity contribution in [3.05, 3.63) is 0 Å². The van der Waals surface area contributed by atoms with Crippen molar-refractivity contribution in [1.29, 1.82) is 0 Å². The summed E-state index contributed by atoms with van der Waals surface area (Å²) in [5.74, 6) is 1.11. The quantitative estimate of drug-likeness (QED) is 0.863. The molecule has 0 amide bonds. The van der Waals surface area contributed by atoms with Gasteiger partial charge < -0.3 is 10.1 Å². The Morgan fingerprint density at radius 3 is 2.25 bits per heavy atom. The molecule has 3 unspecified atom stereocenters. The third kappa shape index (κ3) is 2.80. The number of carbonyl (C=O) groups is 1. The second-order valence-corrected chi connectivity index (χ2v) is 8.37. The van der Waals surface area contributed by atoms with E-state index < -0.39 is 0 Å². The largest absolute Gasteiger partial charge is 0.369 e. The number of nitrogens with one attached hydrogen (secondary N) is 1. The maximum Gasteiger partial charge on any atom is 0.139 e. The lowest BCUT2D eigenvalue weighted by atomic mass is 9.78. The molecule has 0 aromatic carbocycles. The van der Waals surface area contributed by atoms with Gasteiger partial charge in [-0.1, -0.05) is 0 Å². The average molecular weight is 279 g/mol. The van der Waals surface area contributed by atoms with Gasteiger partial charge in [0.05, 0.1) is 11.2 Å². The molecule has 0 aromatic heterocycles. The first-order chi connectivity index (χ1) is 9.25. The molecule has 0 spiro atoms. The number of hydrogen-bond donors (Lipinski definition) is 1. The molecule has 3 nitrogen and oxygen atoms in total. The second-order valence-electron chi connectivity index (χ2n) is 8.37. The average Bonchev–Trinajstić information content (AvgIpc) is 2.74. The highest BCUT2D eigenvalue weighted by Gasteiger charge is 2.49. The van der Waals surface area contributed by atoms with Crippen LogP contribution in [0.2, 0.25) is 0 Å². The van der Waals surface area contributed by atoms with Crippen LogP contribution < -0.4 is 5.32 Å². The molecule has 3 heterocycles. The van der Waals surface area contributed by atoms with Gasteiger partial charge in [-0.05, 0) is 65.7 Å². The molecular formula is C17H29NO2. The van der Waals surface area contributed by atoms with E-state index in [0.29, 0.717) is 23.8 Å². The highest BCUT2D eigenvalue weighted by Crippen LogP contribution is 2.44. The zero-order chi connectivity index (χ0) is 14.5. The normalized spacial score (nSPS) is 41.8. The third-order valence-corrected chi connectivity index (χ3v) is 5.52. The van der Waals surface area contributed by atoms with E-state index in [0.717, 1.165) is 12.8 Å². The first kappa shape index (κ1) is 14.5. The van der Waals surface area contributed by atoms with Crippen LogP contribution in [0, 0.1) is 11.8 Å². The predicted octanol–water partition coefficient (Wildman–Crippen LogP) is 3.07. The Hall–Kier alpha value is -0.410. The lowest BCUT2D eigenvalue weighted by Gasteiger charge is -2.31. The summed E-state index contributed by atoms with van der Waals surface area (Å²) < 4.78 is 6.08. The van der Waals surface area contributed by atoms with Crippen LogP contribution in [0.1, 0.15) is 66.2 Å². The molecule has 3 atom stereocenters. The summed E-state index contributed by atoms with van der Waals surface area (Å²) in [6.45, 7) is 8.37. The van der Waals surface area contributed by atoms with Gasteiger partial charge in [0.25, 0.3) is 0 Å². The zero-order valence-electron chi connectivity index (χ0n) is 13.4. The lowest BCUT2D eigenvalue weighted by molar-refractivity contribution is -0.130. The molecule has 1 N–H and O–H groups in total. The van der Waals surface area contributed by atoms with Crippen molar-refractivity contribution < 1.29 is 9.53 Å². The lowest BCUT2D eigenvalue weighted by Crippen LogP contribution is -2.40. The Kier molecular flexibility index (Phi) is 3.49. The molecule has 0 saturated carbocycles. The SMILES string of the molecule is CC1(C)CC(C(=O)CC2CC3CCC(C2)N3)C(C)(C)O1. The maximum absolute atomic E-state index is 12.8. The number of piperidine rings is 1. The van der Waals surface area contributed by atoms with Crippen molar-refractivity contribution in [3.63, 3.8) is 0 Å². The van der Waals surface area contributed by atoms with Gasteiger partial charge in [-0.3, -0.25) is 4.79 Å². The minimum absolute atomic E-state index is 0.0741. The van der Waals surface area contributed by atoms with Gasteiger partial charge in [0.2, 0.25) is 0 Å². The van der Waals surface area contributed by atoms with Crippen molar-refractivity contribution in [2.75, 3.05) is 0 Å². The van der Waals surface area contributed by atoms with Crippen LogP contribution in [0.25, 0.3) is 0 Å². The van der Waals surface area contributed by atoms with E-state index in [-0.39, 0.29) is 17.1 Å². The predicted molar refractivity (Wildman–Crippen MR) is 79.6 cm³/mol. The summed E-state index contributed by atoms with van der Waals surface area (Å²) in [6, 6.07) is 1.35. The molecule has 3 saturated heterocycles. The highest BCUT2D eigenvalue weighted by molar-refractivity contribution is 5.82. The molecule has 3 aliphatic rings. The first-order valence-electron chi connectivity index (χ1n) is 8.24. The number of ketones is 1. The summed E-state index contributed by atoms with van der Waals surface area (Å²) in [6.07, 6.45) is 6.64. The van der Waals surface area contributed by atoms with Crippen molar-refractivity contribution in [2.24, 2.45) is 11.8 Å². The van der Waals surface area contributed by atoms with Crippen molar-refractivity contribution in [3.8, 4) is 0 Å². The van der Waals surface area contributed by atoms with E-state index in [9.17, 15) is 4.79 Å². The van der Waals surface area contributed by atoms with Crippen LogP contribution in [0.4, 0.5) is 0 Å². The molecule has 0 radical (unpaired) electrons. The van der Waals surface area contributed by atoms with E-state index in [1.165, 1.54) is 25.7 Å². The fourth-order valence-electron chi connectivity index (χ4n) is 4.83. The van der Waals surface area contributed by atoms with Crippen LogP contribution in [0.5, 0.6) is 0 Å². The molecule has 3 rings (SSSR count). The molecule has 0 aliphatic carbocycles. The van der Waals surface area contributed by atoms with Crippen molar-refractivity contribution in [2.45, 2.75) is 89.5 Å².